The minimum absolute atomic E-state index is 0.147. The molecule has 2 N–H and O–H groups in total. The molecule has 1 saturated heterocycles. The summed E-state index contributed by atoms with van der Waals surface area (Å²) in [5.74, 6) is 0. The Kier molecular flexibility index (Phi) is 2.19. The first-order valence-electron chi connectivity index (χ1n) is 5.50. The quantitative estimate of drug-likeness (QED) is 0.808. The molecule has 3 rings (SSSR count). The summed E-state index contributed by atoms with van der Waals surface area (Å²) in [4.78, 5) is 7.38. The largest absolute Gasteiger partial charge is 0.379 e. The normalized spacial score (nSPS) is 18.6. The van der Waals surface area contributed by atoms with Crippen LogP contribution in [0.4, 0.5) is 0 Å². The predicted molar refractivity (Wildman–Crippen MR) is 62.5 cm³/mol. The molecule has 4 nitrogen and oxygen atoms in total. The fraction of sp³-hybridized carbons (Fsp3) is 0.417. The van der Waals surface area contributed by atoms with E-state index in [4.69, 9.17) is 4.74 Å². The van der Waals surface area contributed by atoms with Crippen LogP contribution in [0.3, 0.4) is 0 Å². The zero-order chi connectivity index (χ0) is 11.0. The van der Waals surface area contributed by atoms with Gasteiger partial charge in [-0.1, -0.05) is 6.07 Å². The summed E-state index contributed by atoms with van der Waals surface area (Å²) in [5.41, 5.74) is 3.59. The highest BCUT2D eigenvalue weighted by molar-refractivity contribution is 5.75. The van der Waals surface area contributed by atoms with E-state index in [1.807, 2.05) is 7.05 Å². The van der Waals surface area contributed by atoms with Crippen LogP contribution in [0.2, 0.25) is 0 Å². The maximum absolute atomic E-state index is 5.37. The van der Waals surface area contributed by atoms with Crippen LogP contribution < -0.4 is 5.32 Å². The second-order valence-corrected chi connectivity index (χ2v) is 4.44. The minimum Gasteiger partial charge on any atom is -0.379 e. The Morgan fingerprint density at radius 1 is 1.50 bits per heavy atom. The molecule has 0 bridgehead atoms. The van der Waals surface area contributed by atoms with E-state index in [9.17, 15) is 0 Å². The third-order valence-electron chi connectivity index (χ3n) is 3.30. The number of hydrogen-bond donors (Lipinski definition) is 2. The van der Waals surface area contributed by atoms with E-state index in [1.165, 1.54) is 5.56 Å². The molecular formula is C12H15N3O. The van der Waals surface area contributed by atoms with Crippen molar-refractivity contribution in [3.63, 3.8) is 0 Å². The standard InChI is InChI=1S/C12H15N3O/c1-13-5-12(6-16-7-12)9-2-3-10-11(4-9)15-8-14-10/h2-4,8,13H,5-7H2,1H3,(H,14,15). The van der Waals surface area contributed by atoms with E-state index < -0.39 is 0 Å². The lowest BCUT2D eigenvalue weighted by Gasteiger charge is -2.41. The number of hydrogen-bond acceptors (Lipinski definition) is 3. The molecule has 16 heavy (non-hydrogen) atoms. The third kappa shape index (κ3) is 1.34. The fourth-order valence-electron chi connectivity index (χ4n) is 2.32. The molecule has 0 spiro atoms. The van der Waals surface area contributed by atoms with Gasteiger partial charge < -0.3 is 15.0 Å². The molecule has 4 heteroatoms. The molecule has 1 aliphatic rings. The van der Waals surface area contributed by atoms with Crippen LogP contribution in [0.15, 0.2) is 24.5 Å². The number of benzene rings is 1. The molecule has 1 aromatic heterocycles. The van der Waals surface area contributed by atoms with E-state index >= 15 is 0 Å². The van der Waals surface area contributed by atoms with Crippen molar-refractivity contribution in [2.75, 3.05) is 26.8 Å². The number of imidazole rings is 1. The van der Waals surface area contributed by atoms with Crippen molar-refractivity contribution in [3.05, 3.63) is 30.1 Å². The maximum atomic E-state index is 5.37. The topological polar surface area (TPSA) is 49.9 Å². The van der Waals surface area contributed by atoms with Gasteiger partial charge in [0.25, 0.3) is 0 Å². The molecule has 0 radical (unpaired) electrons. The molecule has 1 aliphatic heterocycles. The van der Waals surface area contributed by atoms with Gasteiger partial charge in [0, 0.05) is 6.54 Å². The second kappa shape index (κ2) is 3.57. The lowest BCUT2D eigenvalue weighted by Crippen LogP contribution is -2.52. The Hall–Kier alpha value is -1.39. The predicted octanol–water partition coefficient (Wildman–Crippen LogP) is 1.05. The number of fused-ring (bicyclic) bond motifs is 1. The minimum atomic E-state index is 0.147. The van der Waals surface area contributed by atoms with E-state index in [0.29, 0.717) is 0 Å². The van der Waals surface area contributed by atoms with E-state index in [0.717, 1.165) is 30.8 Å². The lowest BCUT2D eigenvalue weighted by atomic mass is 9.78. The third-order valence-corrected chi connectivity index (χ3v) is 3.30. The second-order valence-electron chi connectivity index (χ2n) is 4.44. The first kappa shape index (κ1) is 9.81. The lowest BCUT2D eigenvalue weighted by molar-refractivity contribution is -0.0581. The first-order chi connectivity index (χ1) is 7.84. The van der Waals surface area contributed by atoms with Gasteiger partial charge >= 0.3 is 0 Å². The van der Waals surface area contributed by atoms with Gasteiger partial charge in [-0.15, -0.1) is 0 Å². The van der Waals surface area contributed by atoms with Crippen molar-refractivity contribution in [1.82, 2.24) is 15.3 Å². The zero-order valence-electron chi connectivity index (χ0n) is 9.29. The number of H-pyrrole nitrogens is 1. The van der Waals surface area contributed by atoms with Crippen molar-refractivity contribution < 1.29 is 4.74 Å². The highest BCUT2D eigenvalue weighted by Gasteiger charge is 2.39. The van der Waals surface area contributed by atoms with Crippen molar-refractivity contribution >= 4 is 11.0 Å². The molecular weight excluding hydrogens is 202 g/mol. The van der Waals surface area contributed by atoms with E-state index in [2.05, 4.69) is 33.5 Å². The molecule has 1 aromatic carbocycles. The Bertz CT molecular complexity index is 502. The summed E-state index contributed by atoms with van der Waals surface area (Å²) in [5, 5.41) is 3.25. The van der Waals surface area contributed by atoms with E-state index in [1.54, 1.807) is 6.33 Å². The van der Waals surface area contributed by atoms with Crippen molar-refractivity contribution in [3.8, 4) is 0 Å². The molecule has 84 valence electrons. The number of aromatic amines is 1. The summed E-state index contributed by atoms with van der Waals surface area (Å²) in [6.07, 6.45) is 1.73. The highest BCUT2D eigenvalue weighted by atomic mass is 16.5. The number of nitrogens with zero attached hydrogens (tertiary/aromatic N) is 1. The summed E-state index contributed by atoms with van der Waals surface area (Å²) in [6, 6.07) is 6.40. The van der Waals surface area contributed by atoms with Crippen LogP contribution in [-0.2, 0) is 10.2 Å². The van der Waals surface area contributed by atoms with Crippen LogP contribution in [0, 0.1) is 0 Å². The Morgan fingerprint density at radius 2 is 2.38 bits per heavy atom. The monoisotopic (exact) mass is 217 g/mol. The molecule has 0 saturated carbocycles. The van der Waals surface area contributed by atoms with Gasteiger partial charge in [0.15, 0.2) is 0 Å². The smallest absolute Gasteiger partial charge is 0.0931 e. The molecule has 0 aliphatic carbocycles. The van der Waals surface area contributed by atoms with Crippen molar-refractivity contribution in [1.29, 1.82) is 0 Å². The SMILES string of the molecule is CNCC1(c2ccc3nc[nH]c3c2)COC1. The number of likely N-dealkylation sites (N-methyl/N-ethyl adjacent to an activating group) is 1. The van der Waals surface area contributed by atoms with Crippen LogP contribution in [0.25, 0.3) is 11.0 Å². The maximum Gasteiger partial charge on any atom is 0.0931 e. The molecule has 2 aromatic rings. The Labute approximate surface area is 94.0 Å². The van der Waals surface area contributed by atoms with Gasteiger partial charge in [-0.2, -0.15) is 0 Å². The van der Waals surface area contributed by atoms with Crippen molar-refractivity contribution in [2.24, 2.45) is 0 Å². The molecule has 2 heterocycles. The van der Waals surface area contributed by atoms with Crippen molar-refractivity contribution in [2.45, 2.75) is 5.41 Å². The number of rotatable bonds is 3. The fourth-order valence-corrected chi connectivity index (χ4v) is 2.32. The summed E-state index contributed by atoms with van der Waals surface area (Å²) in [7, 11) is 1.98. The first-order valence-corrected chi connectivity index (χ1v) is 5.50. The number of nitrogens with one attached hydrogen (secondary N) is 2. The van der Waals surface area contributed by atoms with Crippen LogP contribution in [0.1, 0.15) is 5.56 Å². The number of ether oxygens (including phenoxy) is 1. The van der Waals surface area contributed by atoms with Gasteiger partial charge in [-0.3, -0.25) is 0 Å². The highest BCUT2D eigenvalue weighted by Crippen LogP contribution is 2.32. The van der Waals surface area contributed by atoms with Gasteiger partial charge in [-0.05, 0) is 24.7 Å². The average molecular weight is 217 g/mol. The van der Waals surface area contributed by atoms with Crippen LogP contribution >= 0.6 is 0 Å². The summed E-state index contributed by atoms with van der Waals surface area (Å²) in [6.45, 7) is 2.55. The zero-order valence-corrected chi connectivity index (χ0v) is 9.29. The van der Waals surface area contributed by atoms with Crippen LogP contribution in [0.5, 0.6) is 0 Å². The summed E-state index contributed by atoms with van der Waals surface area (Å²) < 4.78 is 5.37. The van der Waals surface area contributed by atoms with Gasteiger partial charge in [0.1, 0.15) is 0 Å². The number of aromatic nitrogens is 2. The van der Waals surface area contributed by atoms with E-state index in [-0.39, 0.29) is 5.41 Å². The van der Waals surface area contributed by atoms with Gasteiger partial charge in [-0.25, -0.2) is 4.98 Å². The molecule has 0 amide bonds. The Balaban J connectivity index is 2.03. The van der Waals surface area contributed by atoms with Gasteiger partial charge in [0.2, 0.25) is 0 Å². The van der Waals surface area contributed by atoms with Gasteiger partial charge in [0.05, 0.1) is 36.0 Å². The molecule has 1 fully saturated rings. The molecule has 0 unspecified atom stereocenters. The molecule has 0 atom stereocenters. The Morgan fingerprint density at radius 3 is 3.06 bits per heavy atom. The average Bonchev–Trinajstić information content (AvgIpc) is 2.70. The summed E-state index contributed by atoms with van der Waals surface area (Å²) >= 11 is 0. The van der Waals surface area contributed by atoms with Crippen LogP contribution in [-0.4, -0.2) is 36.8 Å².